The van der Waals surface area contributed by atoms with E-state index in [0.29, 0.717) is 28.8 Å². The zero-order chi connectivity index (χ0) is 30.6. The lowest BCUT2D eigenvalue weighted by Gasteiger charge is -2.23. The van der Waals surface area contributed by atoms with E-state index in [1.54, 1.807) is 40.0 Å². The van der Waals surface area contributed by atoms with Gasteiger partial charge in [-0.3, -0.25) is 14.8 Å². The molecule has 1 unspecified atom stereocenters. The zero-order valence-electron chi connectivity index (χ0n) is 25.0. The Bertz CT molecular complexity index is 1610. The van der Waals surface area contributed by atoms with Gasteiger partial charge in [0.1, 0.15) is 11.4 Å². The third-order valence-electron chi connectivity index (χ3n) is 7.35. The highest BCUT2D eigenvalue weighted by molar-refractivity contribution is 5.96. The van der Waals surface area contributed by atoms with E-state index in [2.05, 4.69) is 31.8 Å². The van der Waals surface area contributed by atoms with Gasteiger partial charge in [-0.1, -0.05) is 18.2 Å². The number of benzene rings is 3. The number of alkyl carbamates (subject to hydrolysis) is 1. The van der Waals surface area contributed by atoms with Crippen LogP contribution < -0.4 is 15.4 Å². The van der Waals surface area contributed by atoms with E-state index in [1.165, 1.54) is 0 Å². The molecule has 9 nitrogen and oxygen atoms in total. The van der Waals surface area contributed by atoms with Gasteiger partial charge in [0.25, 0.3) is 5.91 Å². The van der Waals surface area contributed by atoms with Gasteiger partial charge in [-0.05, 0) is 111 Å². The summed E-state index contributed by atoms with van der Waals surface area (Å²) in [6.45, 7) is 8.19. The lowest BCUT2D eigenvalue weighted by Crippen LogP contribution is -2.40. The van der Waals surface area contributed by atoms with E-state index in [0.717, 1.165) is 48.2 Å². The largest absolute Gasteiger partial charge is 0.497 e. The highest BCUT2D eigenvalue weighted by Gasteiger charge is 2.22. The van der Waals surface area contributed by atoms with E-state index in [4.69, 9.17) is 9.47 Å². The van der Waals surface area contributed by atoms with Crippen molar-refractivity contribution in [3.63, 3.8) is 0 Å². The number of hydrogen-bond donors (Lipinski definition) is 3. The van der Waals surface area contributed by atoms with Crippen molar-refractivity contribution in [2.75, 3.05) is 26.7 Å². The summed E-state index contributed by atoms with van der Waals surface area (Å²) in [7, 11) is 1.58. The van der Waals surface area contributed by atoms with Crippen LogP contribution in [0.1, 0.15) is 61.1 Å². The third kappa shape index (κ3) is 7.70. The van der Waals surface area contributed by atoms with Crippen molar-refractivity contribution in [1.82, 2.24) is 25.7 Å². The summed E-state index contributed by atoms with van der Waals surface area (Å²) < 4.78 is 25.2. The van der Waals surface area contributed by atoms with Crippen LogP contribution in [0.2, 0.25) is 0 Å². The molecule has 5 rings (SSSR count). The molecule has 3 aromatic carbocycles. The number of carbonyl (C=O) groups is 2. The Morgan fingerprint density at radius 1 is 1.05 bits per heavy atom. The maximum absolute atomic E-state index is 14.3. The zero-order valence-corrected chi connectivity index (χ0v) is 25.0. The minimum absolute atomic E-state index is 0.102. The van der Waals surface area contributed by atoms with E-state index in [9.17, 15) is 14.0 Å². The number of halogens is 1. The average molecular weight is 588 g/mol. The van der Waals surface area contributed by atoms with E-state index in [1.807, 2.05) is 42.5 Å². The molecule has 3 N–H and O–H groups in total. The number of aromatic amines is 1. The van der Waals surface area contributed by atoms with Gasteiger partial charge in [-0.15, -0.1) is 0 Å². The number of hydrogen-bond acceptors (Lipinski definition) is 6. The van der Waals surface area contributed by atoms with Crippen molar-refractivity contribution < 1.29 is 23.5 Å². The van der Waals surface area contributed by atoms with Gasteiger partial charge in [-0.2, -0.15) is 9.49 Å². The van der Waals surface area contributed by atoms with E-state index >= 15 is 0 Å². The van der Waals surface area contributed by atoms with Crippen molar-refractivity contribution >= 4 is 22.9 Å². The number of nitrogens with one attached hydrogen (secondary N) is 3. The standard InChI is InChI=1S/C33H38FN5O4/c1-33(2,3)43-32(41)35-19-29(23-8-7-9-26(17-23)42-4)36-31(40)25-15-21(20-39-12-5-6-13-39)14-24(16-25)22-10-11-28-27(18-22)30(34)38-37-28/h7-11,14-18,29H,5-6,12-13,19-20H2,1-4H3,(H,35,41)(H,36,40)(H,37,38). The first-order valence-corrected chi connectivity index (χ1v) is 14.5. The first-order valence-electron chi connectivity index (χ1n) is 14.5. The second-order valence-electron chi connectivity index (χ2n) is 11.9. The molecule has 10 heteroatoms. The van der Waals surface area contributed by atoms with Crippen molar-refractivity contribution in [1.29, 1.82) is 0 Å². The summed E-state index contributed by atoms with van der Waals surface area (Å²) in [6.07, 6.45) is 1.72. The molecule has 0 spiro atoms. The highest BCUT2D eigenvalue weighted by Crippen LogP contribution is 2.28. The maximum Gasteiger partial charge on any atom is 0.407 e. The molecule has 4 aromatic rings. The number of methoxy groups -OCH3 is 1. The Hall–Kier alpha value is -4.44. The summed E-state index contributed by atoms with van der Waals surface area (Å²) in [5.74, 6) is -0.175. The predicted molar refractivity (Wildman–Crippen MR) is 163 cm³/mol. The Morgan fingerprint density at radius 2 is 1.84 bits per heavy atom. The van der Waals surface area contributed by atoms with Crippen LogP contribution in [0.25, 0.3) is 22.0 Å². The van der Waals surface area contributed by atoms with Gasteiger partial charge in [0.2, 0.25) is 5.95 Å². The molecule has 1 saturated heterocycles. The number of carbonyl (C=O) groups excluding carboxylic acids is 2. The van der Waals surface area contributed by atoms with Crippen LogP contribution in [-0.2, 0) is 11.3 Å². The summed E-state index contributed by atoms with van der Waals surface area (Å²) in [5, 5.41) is 12.6. The van der Waals surface area contributed by atoms with Gasteiger partial charge in [0, 0.05) is 18.7 Å². The van der Waals surface area contributed by atoms with E-state index in [-0.39, 0.29) is 12.5 Å². The molecule has 0 bridgehead atoms. The Morgan fingerprint density at radius 3 is 2.58 bits per heavy atom. The minimum Gasteiger partial charge on any atom is -0.497 e. The number of H-pyrrole nitrogens is 1. The van der Waals surface area contributed by atoms with Crippen LogP contribution in [0.15, 0.2) is 60.7 Å². The molecule has 43 heavy (non-hydrogen) atoms. The van der Waals surface area contributed by atoms with Crippen molar-refractivity contribution in [3.05, 3.63) is 83.3 Å². The number of aromatic nitrogens is 2. The van der Waals surface area contributed by atoms with Crippen molar-refractivity contribution in [2.45, 2.75) is 51.8 Å². The van der Waals surface area contributed by atoms with Gasteiger partial charge in [0.15, 0.2) is 0 Å². The van der Waals surface area contributed by atoms with Crippen LogP contribution in [0.4, 0.5) is 9.18 Å². The molecule has 1 atom stereocenters. The van der Waals surface area contributed by atoms with Gasteiger partial charge >= 0.3 is 6.09 Å². The fraction of sp³-hybridized carbons (Fsp3) is 0.364. The molecule has 1 aromatic heterocycles. The van der Waals surface area contributed by atoms with Crippen LogP contribution in [-0.4, -0.2) is 59.4 Å². The second kappa shape index (κ2) is 12.8. The molecule has 1 aliphatic rings. The summed E-state index contributed by atoms with van der Waals surface area (Å²) in [4.78, 5) is 28.7. The predicted octanol–water partition coefficient (Wildman–Crippen LogP) is 5.97. The molecule has 0 aliphatic carbocycles. The summed E-state index contributed by atoms with van der Waals surface area (Å²) >= 11 is 0. The SMILES string of the molecule is COc1cccc(C(CNC(=O)OC(C)(C)C)NC(=O)c2cc(CN3CCCC3)cc(-c3ccc4n[nH]c(F)c4c3)c2)c1. The molecule has 1 fully saturated rings. The van der Waals surface area contributed by atoms with Gasteiger partial charge < -0.3 is 20.1 Å². The van der Waals surface area contributed by atoms with Crippen LogP contribution in [0.3, 0.4) is 0 Å². The smallest absolute Gasteiger partial charge is 0.407 e. The van der Waals surface area contributed by atoms with Crippen LogP contribution in [0, 0.1) is 5.95 Å². The molecule has 1 aliphatic heterocycles. The van der Waals surface area contributed by atoms with E-state index < -0.39 is 23.7 Å². The number of rotatable bonds is 9. The molecule has 2 heterocycles. The number of fused-ring (bicyclic) bond motifs is 1. The topological polar surface area (TPSA) is 109 Å². The molecular formula is C33H38FN5O4. The number of amides is 2. The molecule has 226 valence electrons. The third-order valence-corrected chi connectivity index (χ3v) is 7.35. The molecule has 0 radical (unpaired) electrons. The minimum atomic E-state index is -0.659. The first kappa shape index (κ1) is 30.0. The Balaban J connectivity index is 1.46. The number of ether oxygens (including phenoxy) is 2. The monoisotopic (exact) mass is 587 g/mol. The fourth-order valence-corrected chi connectivity index (χ4v) is 5.29. The average Bonchev–Trinajstić information content (AvgIpc) is 3.63. The summed E-state index contributed by atoms with van der Waals surface area (Å²) in [6, 6.07) is 17.9. The van der Waals surface area contributed by atoms with Gasteiger partial charge in [-0.25, -0.2) is 4.79 Å². The first-order chi connectivity index (χ1) is 20.6. The normalized spacial score (nSPS) is 14.4. The lowest BCUT2D eigenvalue weighted by atomic mass is 9.97. The highest BCUT2D eigenvalue weighted by atomic mass is 19.1. The van der Waals surface area contributed by atoms with Crippen LogP contribution in [0.5, 0.6) is 5.75 Å². The Kier molecular flexibility index (Phi) is 8.96. The molecule has 0 saturated carbocycles. The Labute approximate surface area is 250 Å². The van der Waals surface area contributed by atoms with Crippen molar-refractivity contribution in [3.8, 4) is 16.9 Å². The second-order valence-corrected chi connectivity index (χ2v) is 11.9. The number of nitrogens with zero attached hydrogens (tertiary/aromatic N) is 2. The number of likely N-dealkylation sites (tertiary alicyclic amines) is 1. The van der Waals surface area contributed by atoms with Crippen molar-refractivity contribution in [2.24, 2.45) is 0 Å². The quantitative estimate of drug-likeness (QED) is 0.223. The lowest BCUT2D eigenvalue weighted by molar-refractivity contribution is 0.0520. The van der Waals surface area contributed by atoms with Crippen LogP contribution >= 0.6 is 0 Å². The fourth-order valence-electron chi connectivity index (χ4n) is 5.29. The van der Waals surface area contributed by atoms with Gasteiger partial charge in [0.05, 0.1) is 24.1 Å². The molecular weight excluding hydrogens is 549 g/mol. The maximum atomic E-state index is 14.3. The summed E-state index contributed by atoms with van der Waals surface area (Å²) in [5.41, 5.74) is 3.67. The molecule has 2 amide bonds.